The van der Waals surface area contributed by atoms with E-state index in [4.69, 9.17) is 9.47 Å². The number of carbonyl (C=O) groups is 2. The summed E-state index contributed by atoms with van der Waals surface area (Å²) in [4.78, 5) is 29.2. The van der Waals surface area contributed by atoms with Gasteiger partial charge >= 0.3 is 0 Å². The van der Waals surface area contributed by atoms with Crippen LogP contribution in [0.1, 0.15) is 32.6 Å². The van der Waals surface area contributed by atoms with E-state index in [1.807, 2.05) is 23.1 Å². The number of benzene rings is 1. The van der Waals surface area contributed by atoms with Crippen LogP contribution in [0.25, 0.3) is 0 Å². The normalized spacial score (nSPS) is 21.8. The van der Waals surface area contributed by atoms with Crippen LogP contribution in [0.4, 0.5) is 5.69 Å². The maximum absolute atomic E-state index is 13.0. The number of carbonyl (C=O) groups excluding carboxylic acids is 2. The molecule has 26 heavy (non-hydrogen) atoms. The Balaban J connectivity index is 1.46. The van der Waals surface area contributed by atoms with Gasteiger partial charge in [0.15, 0.2) is 11.5 Å². The number of hydrogen-bond donors (Lipinski definition) is 0. The molecule has 6 nitrogen and oxygen atoms in total. The SMILES string of the molecule is CCCN(CC1CC1)C(=O)C1CC(=O)N(c2ccc3c(c2)OCCO3)C1. The predicted molar refractivity (Wildman–Crippen MR) is 97.5 cm³/mol. The molecule has 0 spiro atoms. The van der Waals surface area contributed by atoms with E-state index in [1.165, 1.54) is 12.8 Å². The highest BCUT2D eigenvalue weighted by molar-refractivity contribution is 6.00. The van der Waals surface area contributed by atoms with Crippen molar-refractivity contribution in [2.45, 2.75) is 32.6 Å². The van der Waals surface area contributed by atoms with Gasteiger partial charge in [-0.3, -0.25) is 9.59 Å². The molecular weight excluding hydrogens is 332 g/mol. The van der Waals surface area contributed by atoms with Gasteiger partial charge in [0.25, 0.3) is 0 Å². The highest BCUT2D eigenvalue weighted by Crippen LogP contribution is 2.36. The Morgan fingerprint density at radius 1 is 1.23 bits per heavy atom. The molecule has 0 N–H and O–H groups in total. The summed E-state index contributed by atoms with van der Waals surface area (Å²) in [6, 6.07) is 5.54. The Bertz CT molecular complexity index is 701. The average molecular weight is 358 g/mol. The maximum atomic E-state index is 13.0. The third kappa shape index (κ3) is 3.50. The van der Waals surface area contributed by atoms with E-state index in [0.29, 0.717) is 37.2 Å². The summed E-state index contributed by atoms with van der Waals surface area (Å²) < 4.78 is 11.2. The van der Waals surface area contributed by atoms with E-state index < -0.39 is 0 Å². The summed E-state index contributed by atoms with van der Waals surface area (Å²) in [5.74, 6) is 1.92. The van der Waals surface area contributed by atoms with Gasteiger partial charge in [0.1, 0.15) is 13.2 Å². The molecule has 2 heterocycles. The van der Waals surface area contributed by atoms with Crippen molar-refractivity contribution in [3.8, 4) is 11.5 Å². The Labute approximate surface area is 154 Å². The third-order valence-electron chi connectivity index (χ3n) is 5.29. The molecule has 140 valence electrons. The molecule has 3 aliphatic rings. The Morgan fingerprint density at radius 2 is 2.00 bits per heavy atom. The molecule has 0 bridgehead atoms. The molecular formula is C20H26N2O4. The standard InChI is InChI=1S/C20H26N2O4/c1-2-7-21(12-14-3-4-14)20(24)15-10-19(23)22(13-15)16-5-6-17-18(11-16)26-9-8-25-17/h5-6,11,14-15H,2-4,7-10,12-13H2,1H3. The van der Waals surface area contributed by atoms with Crippen molar-refractivity contribution in [1.82, 2.24) is 4.90 Å². The lowest BCUT2D eigenvalue weighted by Gasteiger charge is -2.25. The molecule has 1 aromatic carbocycles. The van der Waals surface area contributed by atoms with Gasteiger partial charge in [-0.15, -0.1) is 0 Å². The van der Waals surface area contributed by atoms with Crippen LogP contribution >= 0.6 is 0 Å². The summed E-state index contributed by atoms with van der Waals surface area (Å²) in [6.45, 7) is 5.22. The van der Waals surface area contributed by atoms with Crippen LogP contribution in [0.15, 0.2) is 18.2 Å². The Morgan fingerprint density at radius 3 is 2.73 bits per heavy atom. The van der Waals surface area contributed by atoms with E-state index in [1.54, 1.807) is 4.90 Å². The molecule has 2 aliphatic heterocycles. The smallest absolute Gasteiger partial charge is 0.228 e. The number of ether oxygens (including phenoxy) is 2. The molecule has 6 heteroatoms. The van der Waals surface area contributed by atoms with Crippen molar-refractivity contribution in [3.63, 3.8) is 0 Å². The fraction of sp³-hybridized carbons (Fsp3) is 0.600. The van der Waals surface area contributed by atoms with Crippen molar-refractivity contribution in [2.75, 3.05) is 37.7 Å². The summed E-state index contributed by atoms with van der Waals surface area (Å²) >= 11 is 0. The second kappa shape index (κ2) is 7.17. The highest BCUT2D eigenvalue weighted by Gasteiger charge is 2.38. The van der Waals surface area contributed by atoms with Crippen LogP contribution < -0.4 is 14.4 Å². The van der Waals surface area contributed by atoms with E-state index in [9.17, 15) is 9.59 Å². The first-order valence-electron chi connectivity index (χ1n) is 9.64. The number of amides is 2. The van der Waals surface area contributed by atoms with Gasteiger partial charge in [0, 0.05) is 37.8 Å². The molecule has 2 fully saturated rings. The fourth-order valence-electron chi connectivity index (χ4n) is 3.75. The largest absolute Gasteiger partial charge is 0.486 e. The third-order valence-corrected chi connectivity index (χ3v) is 5.29. The number of rotatable bonds is 6. The molecule has 1 aliphatic carbocycles. The van der Waals surface area contributed by atoms with Crippen molar-refractivity contribution < 1.29 is 19.1 Å². The lowest BCUT2D eigenvalue weighted by Crippen LogP contribution is -2.39. The summed E-state index contributed by atoms with van der Waals surface area (Å²) in [5, 5.41) is 0. The zero-order valence-corrected chi connectivity index (χ0v) is 15.3. The fourth-order valence-corrected chi connectivity index (χ4v) is 3.75. The highest BCUT2D eigenvalue weighted by atomic mass is 16.6. The maximum Gasteiger partial charge on any atom is 0.228 e. The van der Waals surface area contributed by atoms with Crippen LogP contribution in [-0.4, -0.2) is 49.6 Å². The number of fused-ring (bicyclic) bond motifs is 1. The summed E-state index contributed by atoms with van der Waals surface area (Å²) in [7, 11) is 0. The van der Waals surface area contributed by atoms with Crippen molar-refractivity contribution in [2.24, 2.45) is 11.8 Å². The molecule has 2 amide bonds. The van der Waals surface area contributed by atoms with Gasteiger partial charge < -0.3 is 19.3 Å². The van der Waals surface area contributed by atoms with Gasteiger partial charge in [-0.25, -0.2) is 0 Å². The van der Waals surface area contributed by atoms with Crippen molar-refractivity contribution >= 4 is 17.5 Å². The minimum absolute atomic E-state index is 0.00268. The Kier molecular flexibility index (Phi) is 4.74. The van der Waals surface area contributed by atoms with Crippen LogP contribution in [-0.2, 0) is 9.59 Å². The van der Waals surface area contributed by atoms with Crippen LogP contribution in [0.2, 0.25) is 0 Å². The minimum atomic E-state index is -0.249. The molecule has 0 aromatic heterocycles. The van der Waals surface area contributed by atoms with Gasteiger partial charge in [-0.2, -0.15) is 0 Å². The van der Waals surface area contributed by atoms with Crippen LogP contribution in [0.5, 0.6) is 11.5 Å². The number of hydrogen-bond acceptors (Lipinski definition) is 4. The molecule has 1 unspecified atom stereocenters. The quantitative estimate of drug-likeness (QED) is 0.784. The van der Waals surface area contributed by atoms with E-state index in [2.05, 4.69) is 6.92 Å². The predicted octanol–water partition coefficient (Wildman–Crippen LogP) is 2.46. The average Bonchev–Trinajstić information content (AvgIpc) is 3.39. The van der Waals surface area contributed by atoms with E-state index in [0.717, 1.165) is 25.2 Å². The van der Waals surface area contributed by atoms with Gasteiger partial charge in [0.05, 0.1) is 5.92 Å². The van der Waals surface area contributed by atoms with Gasteiger partial charge in [-0.05, 0) is 37.3 Å². The second-order valence-electron chi connectivity index (χ2n) is 7.46. The van der Waals surface area contributed by atoms with Crippen molar-refractivity contribution in [1.29, 1.82) is 0 Å². The van der Waals surface area contributed by atoms with E-state index >= 15 is 0 Å². The molecule has 4 rings (SSSR count). The minimum Gasteiger partial charge on any atom is -0.486 e. The molecule has 1 aromatic rings. The summed E-state index contributed by atoms with van der Waals surface area (Å²) in [6.07, 6.45) is 3.68. The molecule has 0 radical (unpaired) electrons. The molecule has 1 saturated carbocycles. The second-order valence-corrected chi connectivity index (χ2v) is 7.46. The summed E-state index contributed by atoms with van der Waals surface area (Å²) in [5.41, 5.74) is 0.777. The lowest BCUT2D eigenvalue weighted by atomic mass is 10.1. The topological polar surface area (TPSA) is 59.1 Å². The number of anilines is 1. The van der Waals surface area contributed by atoms with Crippen LogP contribution in [0.3, 0.4) is 0 Å². The zero-order valence-electron chi connectivity index (χ0n) is 15.3. The first-order valence-corrected chi connectivity index (χ1v) is 9.64. The monoisotopic (exact) mass is 358 g/mol. The first kappa shape index (κ1) is 17.2. The first-order chi connectivity index (χ1) is 12.7. The van der Waals surface area contributed by atoms with Gasteiger partial charge in [-0.1, -0.05) is 6.92 Å². The Hall–Kier alpha value is -2.24. The number of nitrogens with zero attached hydrogens (tertiary/aromatic N) is 2. The lowest BCUT2D eigenvalue weighted by molar-refractivity contribution is -0.136. The van der Waals surface area contributed by atoms with Crippen molar-refractivity contribution in [3.05, 3.63) is 18.2 Å². The molecule has 1 atom stereocenters. The zero-order chi connectivity index (χ0) is 18.1. The van der Waals surface area contributed by atoms with E-state index in [-0.39, 0.29) is 24.2 Å². The van der Waals surface area contributed by atoms with Gasteiger partial charge in [0.2, 0.25) is 11.8 Å². The van der Waals surface area contributed by atoms with Crippen LogP contribution in [0, 0.1) is 11.8 Å². The molecule has 1 saturated heterocycles.